The van der Waals surface area contributed by atoms with Crippen molar-refractivity contribution in [2.75, 3.05) is 45.2 Å². The Kier molecular flexibility index (Phi) is 3.63. The van der Waals surface area contributed by atoms with E-state index in [0.29, 0.717) is 5.69 Å². The van der Waals surface area contributed by atoms with E-state index in [4.69, 9.17) is 4.74 Å². The second-order valence-corrected chi connectivity index (χ2v) is 5.36. The lowest BCUT2D eigenvalue weighted by Crippen LogP contribution is -2.44. The summed E-state index contributed by atoms with van der Waals surface area (Å²) in [7, 11) is 3.50. The number of aryl methyl sites for hydroxylation is 1. The lowest BCUT2D eigenvalue weighted by atomic mass is 10.3. The van der Waals surface area contributed by atoms with Crippen LogP contribution in [-0.4, -0.2) is 56.2 Å². The van der Waals surface area contributed by atoms with Crippen molar-refractivity contribution in [2.24, 2.45) is 0 Å². The number of carbonyl (C=O) groups is 1. The molecule has 0 radical (unpaired) electrons. The van der Waals surface area contributed by atoms with E-state index in [-0.39, 0.29) is 5.97 Å². The Balaban J connectivity index is 2.14. The number of hydrogen-bond acceptors (Lipinski definition) is 6. The number of nitrogens with zero attached hydrogens (tertiary/aromatic N) is 3. The predicted octanol–water partition coefficient (Wildman–Crippen LogP) is 0.990. The molecule has 0 bridgehead atoms. The Bertz CT molecular complexity index is 411. The summed E-state index contributed by atoms with van der Waals surface area (Å²) in [5, 5.41) is 0.927. The van der Waals surface area contributed by atoms with Crippen molar-refractivity contribution < 1.29 is 9.53 Å². The van der Waals surface area contributed by atoms with E-state index in [1.807, 2.05) is 6.92 Å². The number of piperazine rings is 1. The van der Waals surface area contributed by atoms with Crippen molar-refractivity contribution in [3.05, 3.63) is 10.6 Å². The molecule has 94 valence electrons. The zero-order valence-electron chi connectivity index (χ0n) is 10.4. The normalized spacial score (nSPS) is 17.2. The summed E-state index contributed by atoms with van der Waals surface area (Å²) in [5.74, 6) is -0.348. The quantitative estimate of drug-likeness (QED) is 0.737. The Morgan fingerprint density at radius 3 is 2.59 bits per heavy atom. The summed E-state index contributed by atoms with van der Waals surface area (Å²) < 4.78 is 4.71. The van der Waals surface area contributed by atoms with E-state index >= 15 is 0 Å². The number of thiazole rings is 1. The van der Waals surface area contributed by atoms with Gasteiger partial charge in [-0.05, 0) is 14.0 Å². The second kappa shape index (κ2) is 5.01. The molecule has 0 unspecified atom stereocenters. The van der Waals surface area contributed by atoms with Crippen LogP contribution in [0.2, 0.25) is 0 Å². The first-order chi connectivity index (χ1) is 8.11. The molecule has 5 nitrogen and oxygen atoms in total. The van der Waals surface area contributed by atoms with Gasteiger partial charge < -0.3 is 14.5 Å². The van der Waals surface area contributed by atoms with Crippen LogP contribution in [0.5, 0.6) is 0 Å². The van der Waals surface area contributed by atoms with Gasteiger partial charge in [0.25, 0.3) is 0 Å². The Morgan fingerprint density at radius 2 is 2.00 bits per heavy atom. The minimum absolute atomic E-state index is 0.348. The molecule has 0 aromatic carbocycles. The van der Waals surface area contributed by atoms with E-state index in [1.54, 1.807) is 11.3 Å². The predicted molar refractivity (Wildman–Crippen MR) is 67.9 cm³/mol. The van der Waals surface area contributed by atoms with Gasteiger partial charge in [0.05, 0.1) is 7.11 Å². The zero-order chi connectivity index (χ0) is 12.4. The highest BCUT2D eigenvalue weighted by Gasteiger charge is 2.21. The van der Waals surface area contributed by atoms with E-state index < -0.39 is 0 Å². The number of likely N-dealkylation sites (N-methyl/N-ethyl adjacent to an activating group) is 1. The van der Waals surface area contributed by atoms with Gasteiger partial charge >= 0.3 is 5.97 Å². The van der Waals surface area contributed by atoms with E-state index in [0.717, 1.165) is 36.2 Å². The van der Waals surface area contributed by atoms with Crippen molar-refractivity contribution in [1.82, 2.24) is 9.88 Å². The smallest absolute Gasteiger partial charge is 0.357 e. The first-order valence-corrected chi connectivity index (χ1v) is 6.42. The molecule has 0 N–H and O–H groups in total. The highest BCUT2D eigenvalue weighted by Crippen LogP contribution is 2.26. The standard InChI is InChI=1S/C11H17N3O2S/c1-8-9(10(15)16-3)12-11(17-8)14-6-4-13(2)5-7-14/h4-7H2,1-3H3. The summed E-state index contributed by atoms with van der Waals surface area (Å²) in [4.78, 5) is 21.3. The largest absolute Gasteiger partial charge is 0.464 e. The molecule has 2 rings (SSSR count). The first-order valence-electron chi connectivity index (χ1n) is 5.61. The van der Waals surface area contributed by atoms with Crippen molar-refractivity contribution >= 4 is 22.4 Å². The SMILES string of the molecule is COC(=O)c1nc(N2CCN(C)CC2)sc1C. The molecule has 0 atom stereocenters. The Labute approximate surface area is 105 Å². The molecule has 1 saturated heterocycles. The van der Waals surface area contributed by atoms with Crippen LogP contribution in [0.15, 0.2) is 0 Å². The van der Waals surface area contributed by atoms with Crippen molar-refractivity contribution in [3.8, 4) is 0 Å². The number of hydrogen-bond donors (Lipinski definition) is 0. The van der Waals surface area contributed by atoms with Gasteiger partial charge in [-0.2, -0.15) is 0 Å². The van der Waals surface area contributed by atoms with Gasteiger partial charge in [-0.3, -0.25) is 0 Å². The monoisotopic (exact) mass is 255 g/mol. The van der Waals surface area contributed by atoms with Crippen LogP contribution >= 0.6 is 11.3 Å². The molecule has 6 heteroatoms. The number of rotatable bonds is 2. The fourth-order valence-corrected chi connectivity index (χ4v) is 2.75. The van der Waals surface area contributed by atoms with Crippen LogP contribution in [-0.2, 0) is 4.74 Å². The van der Waals surface area contributed by atoms with E-state index in [1.165, 1.54) is 7.11 Å². The maximum atomic E-state index is 11.5. The summed E-state index contributed by atoms with van der Waals surface area (Å²) >= 11 is 1.56. The van der Waals surface area contributed by atoms with Crippen LogP contribution in [0.25, 0.3) is 0 Å². The van der Waals surface area contributed by atoms with Crippen LogP contribution in [0.4, 0.5) is 5.13 Å². The van der Waals surface area contributed by atoms with Crippen LogP contribution in [0.1, 0.15) is 15.4 Å². The molecular weight excluding hydrogens is 238 g/mol. The molecule has 1 aromatic heterocycles. The Morgan fingerprint density at radius 1 is 1.35 bits per heavy atom. The van der Waals surface area contributed by atoms with Crippen molar-refractivity contribution in [2.45, 2.75) is 6.92 Å². The molecular formula is C11H17N3O2S. The van der Waals surface area contributed by atoms with Gasteiger partial charge in [-0.1, -0.05) is 0 Å². The molecule has 2 heterocycles. The third-order valence-electron chi connectivity index (χ3n) is 2.94. The molecule has 1 aromatic rings. The summed E-state index contributed by atoms with van der Waals surface area (Å²) in [6.45, 7) is 5.90. The number of methoxy groups -OCH3 is 1. The van der Waals surface area contributed by atoms with Gasteiger partial charge in [0.15, 0.2) is 10.8 Å². The maximum absolute atomic E-state index is 11.5. The number of ether oxygens (including phenoxy) is 1. The van der Waals surface area contributed by atoms with Gasteiger partial charge in [0.2, 0.25) is 0 Å². The number of aromatic nitrogens is 1. The molecule has 0 aliphatic carbocycles. The fraction of sp³-hybridized carbons (Fsp3) is 0.636. The minimum Gasteiger partial charge on any atom is -0.464 e. The Hall–Kier alpha value is -1.14. The van der Waals surface area contributed by atoms with Gasteiger partial charge in [-0.25, -0.2) is 9.78 Å². The highest BCUT2D eigenvalue weighted by atomic mass is 32.1. The fourth-order valence-electron chi connectivity index (χ4n) is 1.80. The summed E-state index contributed by atoms with van der Waals surface area (Å²) in [5.41, 5.74) is 0.450. The van der Waals surface area contributed by atoms with Gasteiger partial charge in [0, 0.05) is 31.1 Å². The molecule has 17 heavy (non-hydrogen) atoms. The summed E-state index contributed by atoms with van der Waals surface area (Å²) in [6, 6.07) is 0. The second-order valence-electron chi connectivity index (χ2n) is 4.18. The first kappa shape index (κ1) is 12.3. The molecule has 0 spiro atoms. The minimum atomic E-state index is -0.348. The van der Waals surface area contributed by atoms with E-state index in [9.17, 15) is 4.79 Å². The third kappa shape index (κ3) is 2.58. The molecule has 1 aliphatic rings. The molecule has 0 saturated carbocycles. The van der Waals surface area contributed by atoms with Crippen LogP contribution < -0.4 is 4.90 Å². The molecule has 1 aliphatic heterocycles. The zero-order valence-corrected chi connectivity index (χ0v) is 11.2. The number of carbonyl (C=O) groups excluding carboxylic acids is 1. The molecule has 0 amide bonds. The van der Waals surface area contributed by atoms with E-state index in [2.05, 4.69) is 21.8 Å². The van der Waals surface area contributed by atoms with Gasteiger partial charge in [0.1, 0.15) is 0 Å². The van der Waals surface area contributed by atoms with Gasteiger partial charge in [-0.15, -0.1) is 11.3 Å². The lowest BCUT2D eigenvalue weighted by molar-refractivity contribution is 0.0594. The summed E-state index contributed by atoms with van der Waals surface area (Å²) in [6.07, 6.45) is 0. The average Bonchev–Trinajstić information content (AvgIpc) is 2.71. The van der Waals surface area contributed by atoms with Crippen LogP contribution in [0.3, 0.4) is 0 Å². The third-order valence-corrected chi connectivity index (χ3v) is 3.97. The lowest BCUT2D eigenvalue weighted by Gasteiger charge is -2.32. The van der Waals surface area contributed by atoms with Crippen LogP contribution in [0, 0.1) is 6.92 Å². The van der Waals surface area contributed by atoms with Crippen molar-refractivity contribution in [3.63, 3.8) is 0 Å². The number of anilines is 1. The molecule has 1 fully saturated rings. The maximum Gasteiger partial charge on any atom is 0.357 e. The average molecular weight is 255 g/mol. The van der Waals surface area contributed by atoms with Crippen molar-refractivity contribution in [1.29, 1.82) is 0 Å². The highest BCUT2D eigenvalue weighted by molar-refractivity contribution is 7.15. The topological polar surface area (TPSA) is 45.7 Å². The number of esters is 1.